The SMILES string of the molecule is c1ccc(CN(Cc2ccccc2)c2ccc(Sc3ccccc3)cc2)cc1. The quantitative estimate of drug-likeness (QED) is 0.337. The van der Waals surface area contributed by atoms with Crippen molar-refractivity contribution in [3.8, 4) is 0 Å². The Morgan fingerprint density at radius 2 is 0.893 bits per heavy atom. The van der Waals surface area contributed by atoms with Gasteiger partial charge in [-0.3, -0.25) is 0 Å². The van der Waals surface area contributed by atoms with E-state index < -0.39 is 0 Å². The van der Waals surface area contributed by atoms with Crippen LogP contribution in [0.15, 0.2) is 125 Å². The molecule has 0 heterocycles. The summed E-state index contributed by atoms with van der Waals surface area (Å²) in [6.45, 7) is 1.78. The van der Waals surface area contributed by atoms with Gasteiger partial charge in [-0.15, -0.1) is 0 Å². The predicted molar refractivity (Wildman–Crippen MR) is 120 cm³/mol. The lowest BCUT2D eigenvalue weighted by molar-refractivity contribution is 0.799. The van der Waals surface area contributed by atoms with Crippen molar-refractivity contribution in [3.05, 3.63) is 126 Å². The third-order valence-corrected chi connectivity index (χ3v) is 5.63. The maximum Gasteiger partial charge on any atom is 0.0433 e. The molecule has 4 aromatic carbocycles. The molecule has 0 bridgehead atoms. The van der Waals surface area contributed by atoms with E-state index in [9.17, 15) is 0 Å². The largest absolute Gasteiger partial charge is 0.363 e. The Balaban J connectivity index is 1.54. The third-order valence-electron chi connectivity index (χ3n) is 4.61. The highest BCUT2D eigenvalue weighted by molar-refractivity contribution is 7.99. The zero-order valence-corrected chi connectivity index (χ0v) is 16.6. The van der Waals surface area contributed by atoms with E-state index in [0.29, 0.717) is 0 Å². The second kappa shape index (κ2) is 9.29. The van der Waals surface area contributed by atoms with Gasteiger partial charge in [0.1, 0.15) is 0 Å². The van der Waals surface area contributed by atoms with Gasteiger partial charge in [-0.1, -0.05) is 90.6 Å². The van der Waals surface area contributed by atoms with Crippen LogP contribution in [0.5, 0.6) is 0 Å². The zero-order chi connectivity index (χ0) is 19.0. The molecule has 0 atom stereocenters. The molecule has 4 aromatic rings. The van der Waals surface area contributed by atoms with Gasteiger partial charge in [0.2, 0.25) is 0 Å². The molecule has 0 aromatic heterocycles. The van der Waals surface area contributed by atoms with E-state index in [1.807, 2.05) is 0 Å². The summed E-state index contributed by atoms with van der Waals surface area (Å²) in [6.07, 6.45) is 0. The van der Waals surface area contributed by atoms with Crippen molar-refractivity contribution in [1.29, 1.82) is 0 Å². The van der Waals surface area contributed by atoms with Crippen LogP contribution in [0.2, 0.25) is 0 Å². The van der Waals surface area contributed by atoms with E-state index in [-0.39, 0.29) is 0 Å². The lowest BCUT2D eigenvalue weighted by Gasteiger charge is -2.25. The summed E-state index contributed by atoms with van der Waals surface area (Å²) < 4.78 is 0. The Kier molecular flexibility index (Phi) is 6.11. The number of anilines is 1. The average Bonchev–Trinajstić information content (AvgIpc) is 2.76. The smallest absolute Gasteiger partial charge is 0.0433 e. The minimum absolute atomic E-state index is 0.890. The van der Waals surface area contributed by atoms with Crippen LogP contribution in [0.3, 0.4) is 0 Å². The molecule has 0 aliphatic heterocycles. The molecule has 0 unspecified atom stereocenters. The summed E-state index contributed by atoms with van der Waals surface area (Å²) in [5, 5.41) is 0. The van der Waals surface area contributed by atoms with E-state index in [2.05, 4.69) is 120 Å². The van der Waals surface area contributed by atoms with Crippen LogP contribution in [0.4, 0.5) is 5.69 Å². The lowest BCUT2D eigenvalue weighted by Crippen LogP contribution is -2.22. The van der Waals surface area contributed by atoms with E-state index in [1.54, 1.807) is 11.8 Å². The Morgan fingerprint density at radius 3 is 1.39 bits per heavy atom. The summed E-state index contributed by atoms with van der Waals surface area (Å²) in [7, 11) is 0. The van der Waals surface area contributed by atoms with Crippen molar-refractivity contribution in [2.24, 2.45) is 0 Å². The van der Waals surface area contributed by atoms with Gasteiger partial charge < -0.3 is 4.90 Å². The predicted octanol–water partition coefficient (Wildman–Crippen LogP) is 7.04. The highest BCUT2D eigenvalue weighted by atomic mass is 32.2. The summed E-state index contributed by atoms with van der Waals surface area (Å²) in [5.41, 5.74) is 3.88. The summed E-state index contributed by atoms with van der Waals surface area (Å²) in [5.74, 6) is 0. The maximum absolute atomic E-state index is 2.43. The first-order valence-corrected chi connectivity index (χ1v) is 10.3. The fraction of sp³-hybridized carbons (Fsp3) is 0.0769. The highest BCUT2D eigenvalue weighted by Crippen LogP contribution is 2.30. The van der Waals surface area contributed by atoms with Gasteiger partial charge in [-0.2, -0.15) is 0 Å². The molecule has 0 fully saturated rings. The standard InChI is InChI=1S/C26H23NS/c1-4-10-22(11-5-1)20-27(21-23-12-6-2-7-13-23)24-16-18-26(19-17-24)28-25-14-8-3-9-15-25/h1-19H,20-21H2. The molecule has 0 saturated carbocycles. The number of rotatable bonds is 7. The van der Waals surface area contributed by atoms with Crippen LogP contribution >= 0.6 is 11.8 Å². The first-order chi connectivity index (χ1) is 13.9. The minimum atomic E-state index is 0.890. The summed E-state index contributed by atoms with van der Waals surface area (Å²) in [6, 6.07) is 40.8. The molecule has 0 N–H and O–H groups in total. The molecule has 138 valence electrons. The molecule has 0 aliphatic rings. The van der Waals surface area contributed by atoms with Crippen molar-refractivity contribution in [3.63, 3.8) is 0 Å². The van der Waals surface area contributed by atoms with Crippen LogP contribution in [0.25, 0.3) is 0 Å². The van der Waals surface area contributed by atoms with E-state index in [4.69, 9.17) is 0 Å². The van der Waals surface area contributed by atoms with Crippen molar-refractivity contribution in [2.75, 3.05) is 4.90 Å². The normalized spacial score (nSPS) is 10.6. The monoisotopic (exact) mass is 381 g/mol. The molecule has 1 nitrogen and oxygen atoms in total. The van der Waals surface area contributed by atoms with Crippen molar-refractivity contribution in [2.45, 2.75) is 22.9 Å². The first-order valence-electron chi connectivity index (χ1n) is 9.52. The number of hydrogen-bond donors (Lipinski definition) is 0. The van der Waals surface area contributed by atoms with E-state index in [0.717, 1.165) is 13.1 Å². The molecule has 0 aliphatic carbocycles. The van der Waals surface area contributed by atoms with Gasteiger partial charge in [0.25, 0.3) is 0 Å². The highest BCUT2D eigenvalue weighted by Gasteiger charge is 2.09. The minimum Gasteiger partial charge on any atom is -0.363 e. The molecule has 0 radical (unpaired) electrons. The van der Waals surface area contributed by atoms with Crippen molar-refractivity contribution < 1.29 is 0 Å². The fourth-order valence-electron chi connectivity index (χ4n) is 3.20. The number of benzene rings is 4. The van der Waals surface area contributed by atoms with E-state index in [1.165, 1.54) is 26.6 Å². The summed E-state index contributed by atoms with van der Waals surface area (Å²) in [4.78, 5) is 4.96. The van der Waals surface area contributed by atoms with Gasteiger partial charge in [0.15, 0.2) is 0 Å². The fourth-order valence-corrected chi connectivity index (χ4v) is 4.03. The van der Waals surface area contributed by atoms with Crippen molar-refractivity contribution in [1.82, 2.24) is 0 Å². The second-order valence-corrected chi connectivity index (χ2v) is 7.88. The maximum atomic E-state index is 2.43. The molecule has 0 amide bonds. The molecule has 4 rings (SSSR count). The molecule has 0 saturated heterocycles. The van der Waals surface area contributed by atoms with Crippen molar-refractivity contribution >= 4 is 17.4 Å². The van der Waals surface area contributed by atoms with Crippen LogP contribution in [0, 0.1) is 0 Å². The van der Waals surface area contributed by atoms with Crippen LogP contribution < -0.4 is 4.90 Å². The molecule has 28 heavy (non-hydrogen) atoms. The van der Waals surface area contributed by atoms with Crippen LogP contribution in [-0.4, -0.2) is 0 Å². The second-order valence-electron chi connectivity index (χ2n) is 6.74. The lowest BCUT2D eigenvalue weighted by atomic mass is 10.1. The average molecular weight is 382 g/mol. The van der Waals surface area contributed by atoms with Gasteiger partial charge in [0, 0.05) is 28.6 Å². The Labute approximate surface area is 171 Å². The van der Waals surface area contributed by atoms with Crippen LogP contribution in [-0.2, 0) is 13.1 Å². The van der Waals surface area contributed by atoms with E-state index >= 15 is 0 Å². The Bertz CT molecular complexity index is 926. The third kappa shape index (κ3) is 5.05. The van der Waals surface area contributed by atoms with Crippen LogP contribution in [0.1, 0.15) is 11.1 Å². The molecule has 2 heteroatoms. The topological polar surface area (TPSA) is 3.24 Å². The Morgan fingerprint density at radius 1 is 0.464 bits per heavy atom. The molecular weight excluding hydrogens is 358 g/mol. The number of hydrogen-bond acceptors (Lipinski definition) is 2. The first kappa shape index (κ1) is 18.4. The number of nitrogens with zero attached hydrogens (tertiary/aromatic N) is 1. The van der Waals surface area contributed by atoms with Gasteiger partial charge in [-0.05, 0) is 47.5 Å². The van der Waals surface area contributed by atoms with Gasteiger partial charge in [0.05, 0.1) is 0 Å². The molecule has 0 spiro atoms. The van der Waals surface area contributed by atoms with Gasteiger partial charge >= 0.3 is 0 Å². The van der Waals surface area contributed by atoms with Gasteiger partial charge in [-0.25, -0.2) is 0 Å². The zero-order valence-electron chi connectivity index (χ0n) is 15.7. The molecular formula is C26H23NS. The summed E-state index contributed by atoms with van der Waals surface area (Å²) >= 11 is 1.80. The Hall–Kier alpha value is -2.97.